The number of hydrazone groups is 1. The van der Waals surface area contributed by atoms with Crippen LogP contribution in [0.2, 0.25) is 0 Å². The van der Waals surface area contributed by atoms with Crippen LogP contribution in [-0.2, 0) is 25.2 Å². The van der Waals surface area contributed by atoms with Crippen molar-refractivity contribution in [1.82, 2.24) is 4.98 Å². The lowest BCUT2D eigenvalue weighted by atomic mass is 9.53. The van der Waals surface area contributed by atoms with Gasteiger partial charge in [-0.05, 0) is 50.9 Å². The highest BCUT2D eigenvalue weighted by molar-refractivity contribution is 7.15. The van der Waals surface area contributed by atoms with Crippen LogP contribution >= 0.6 is 11.3 Å². The van der Waals surface area contributed by atoms with Crippen LogP contribution in [0.1, 0.15) is 42.7 Å². The normalized spacial score (nSPS) is 35.7. The van der Waals surface area contributed by atoms with Crippen LogP contribution in [0.5, 0.6) is 0 Å². The summed E-state index contributed by atoms with van der Waals surface area (Å²) in [5, 5.41) is 3.46. The van der Waals surface area contributed by atoms with Crippen molar-refractivity contribution in [3.8, 4) is 0 Å². The van der Waals surface area contributed by atoms with Crippen molar-refractivity contribution in [2.75, 3.05) is 5.43 Å². The summed E-state index contributed by atoms with van der Waals surface area (Å²) in [7, 11) is 0. The molecule has 1 N–H and O–H groups in total. The zero-order valence-corrected chi connectivity index (χ0v) is 16.2. The van der Waals surface area contributed by atoms with E-state index in [1.807, 2.05) is 0 Å². The number of rotatable bonds is 2. The maximum absolute atomic E-state index is 12.9. The second-order valence-corrected chi connectivity index (χ2v) is 9.50. The topological polar surface area (TPSA) is 89.9 Å². The Kier molecular flexibility index (Phi) is 4.00. The van der Waals surface area contributed by atoms with Gasteiger partial charge in [0.1, 0.15) is 0 Å². The molecule has 1 aliphatic heterocycles. The standard InChI is InChI=1S/C18H18F3N3O4S/c1-7-13(18(19,20)21)22-16(29-7)24-23-12-14(25)27-17(28-15(12)26)10-3-8-2-9(5-10)6-11(17)4-8/h8-11H,2-6H2,1H3,(H,22,24). The Morgan fingerprint density at radius 1 is 1.07 bits per heavy atom. The molecule has 5 fully saturated rings. The van der Waals surface area contributed by atoms with Gasteiger partial charge in [0.05, 0.1) is 0 Å². The smallest absolute Gasteiger partial charge is 0.417 e. The molecule has 0 unspecified atom stereocenters. The molecule has 2 heterocycles. The van der Waals surface area contributed by atoms with E-state index >= 15 is 0 Å². The van der Waals surface area contributed by atoms with Crippen LogP contribution in [0.25, 0.3) is 0 Å². The third-order valence-electron chi connectivity index (χ3n) is 6.50. The summed E-state index contributed by atoms with van der Waals surface area (Å²) in [5.41, 5.74) is 0.603. The minimum Gasteiger partial charge on any atom is -0.417 e. The number of aromatic nitrogens is 1. The molecular formula is C18H18F3N3O4S. The molecular weight excluding hydrogens is 411 g/mol. The lowest BCUT2D eigenvalue weighted by Gasteiger charge is -2.59. The van der Waals surface area contributed by atoms with Crippen LogP contribution in [0.15, 0.2) is 5.10 Å². The van der Waals surface area contributed by atoms with Crippen LogP contribution in [0.4, 0.5) is 18.3 Å². The van der Waals surface area contributed by atoms with Crippen molar-refractivity contribution in [3.63, 3.8) is 0 Å². The molecule has 0 radical (unpaired) electrons. The second kappa shape index (κ2) is 6.16. The van der Waals surface area contributed by atoms with Gasteiger partial charge < -0.3 is 9.47 Å². The first-order valence-electron chi connectivity index (χ1n) is 9.50. The Morgan fingerprint density at radius 3 is 2.10 bits per heavy atom. The molecule has 5 aliphatic rings. The number of nitrogens with one attached hydrogen (secondary N) is 1. The minimum absolute atomic E-state index is 0.00267. The molecule has 11 heteroatoms. The first-order chi connectivity index (χ1) is 13.7. The van der Waals surface area contributed by atoms with Crippen LogP contribution in [-0.4, -0.2) is 28.4 Å². The Balaban J connectivity index is 1.35. The average Bonchev–Trinajstić information content (AvgIpc) is 2.99. The number of thiazole rings is 1. The number of aryl methyl sites for hydroxylation is 1. The largest absolute Gasteiger partial charge is 0.434 e. The molecule has 1 aromatic rings. The highest BCUT2D eigenvalue weighted by Crippen LogP contribution is 2.60. The third kappa shape index (κ3) is 2.92. The highest BCUT2D eigenvalue weighted by Gasteiger charge is 2.64. The van der Waals surface area contributed by atoms with E-state index < -0.39 is 35.3 Å². The van der Waals surface area contributed by atoms with Crippen molar-refractivity contribution in [2.45, 2.75) is 51.0 Å². The zero-order chi connectivity index (χ0) is 20.6. The van der Waals surface area contributed by atoms with E-state index in [9.17, 15) is 22.8 Å². The van der Waals surface area contributed by atoms with Crippen molar-refractivity contribution in [1.29, 1.82) is 0 Å². The number of carbonyl (C=O) groups is 2. The Hall–Kier alpha value is -2.17. The monoisotopic (exact) mass is 429 g/mol. The van der Waals surface area contributed by atoms with Gasteiger partial charge in [-0.2, -0.15) is 18.3 Å². The molecule has 7 nitrogen and oxygen atoms in total. The number of esters is 2. The fourth-order valence-electron chi connectivity index (χ4n) is 5.57. The first kappa shape index (κ1) is 18.8. The SMILES string of the molecule is Cc1sc(NN=C2C(=O)OC3(OC2=O)C2CC4CC(C2)CC3C4)nc1C(F)(F)F. The number of anilines is 1. The summed E-state index contributed by atoms with van der Waals surface area (Å²) in [6, 6.07) is 0. The van der Waals surface area contributed by atoms with Crippen LogP contribution < -0.4 is 5.43 Å². The number of alkyl halides is 3. The average molecular weight is 429 g/mol. The maximum atomic E-state index is 12.9. The predicted molar refractivity (Wildman–Crippen MR) is 94.9 cm³/mol. The molecule has 0 amide bonds. The van der Waals surface area contributed by atoms with Crippen LogP contribution in [0.3, 0.4) is 0 Å². The molecule has 4 bridgehead atoms. The van der Waals surface area contributed by atoms with E-state index in [0.29, 0.717) is 11.8 Å². The minimum atomic E-state index is -4.60. The maximum Gasteiger partial charge on any atom is 0.434 e. The Bertz CT molecular complexity index is 876. The van der Waals surface area contributed by atoms with Gasteiger partial charge in [-0.25, -0.2) is 14.6 Å². The summed E-state index contributed by atoms with van der Waals surface area (Å²) in [6.07, 6.45) is 0.0819. The lowest BCUT2D eigenvalue weighted by molar-refractivity contribution is -0.308. The number of hydrogen-bond acceptors (Lipinski definition) is 8. The number of ether oxygens (including phenoxy) is 2. The Morgan fingerprint density at radius 2 is 1.62 bits per heavy atom. The number of halogens is 3. The quantitative estimate of drug-likeness (QED) is 0.572. The Labute approximate surface area is 167 Å². The zero-order valence-electron chi connectivity index (χ0n) is 15.4. The fourth-order valence-corrected chi connectivity index (χ4v) is 6.34. The molecule has 0 aromatic carbocycles. The summed E-state index contributed by atoms with van der Waals surface area (Å²) in [4.78, 5) is 28.5. The lowest BCUT2D eigenvalue weighted by Crippen LogP contribution is -2.65. The molecule has 1 aromatic heterocycles. The molecule has 4 aliphatic carbocycles. The first-order valence-corrected chi connectivity index (χ1v) is 10.3. The van der Waals surface area contributed by atoms with E-state index in [2.05, 4.69) is 15.5 Å². The van der Waals surface area contributed by atoms with Gasteiger partial charge in [0.2, 0.25) is 5.13 Å². The van der Waals surface area contributed by atoms with E-state index in [-0.39, 0.29) is 21.8 Å². The van der Waals surface area contributed by atoms with E-state index in [0.717, 1.165) is 37.0 Å². The van der Waals surface area contributed by atoms with Gasteiger partial charge in [0.15, 0.2) is 5.69 Å². The van der Waals surface area contributed by atoms with Crippen LogP contribution in [0, 0.1) is 30.6 Å². The van der Waals surface area contributed by atoms with Crippen molar-refractivity contribution < 1.29 is 32.2 Å². The van der Waals surface area contributed by atoms with Gasteiger partial charge in [0.25, 0.3) is 11.5 Å². The van der Waals surface area contributed by atoms with Gasteiger partial charge in [-0.15, -0.1) is 11.3 Å². The summed E-state index contributed by atoms with van der Waals surface area (Å²) >= 11 is 0.719. The molecule has 29 heavy (non-hydrogen) atoms. The van der Waals surface area contributed by atoms with Gasteiger partial charge >= 0.3 is 18.1 Å². The summed E-state index contributed by atoms with van der Waals surface area (Å²) < 4.78 is 49.9. The van der Waals surface area contributed by atoms with E-state index in [4.69, 9.17) is 9.47 Å². The van der Waals surface area contributed by atoms with E-state index in [1.165, 1.54) is 13.3 Å². The molecule has 4 saturated carbocycles. The predicted octanol–water partition coefficient (Wildman–Crippen LogP) is 3.49. The van der Waals surface area contributed by atoms with Crippen molar-refractivity contribution in [2.24, 2.45) is 28.8 Å². The number of carbonyl (C=O) groups excluding carboxylic acids is 2. The molecule has 1 spiro atoms. The molecule has 1 saturated heterocycles. The van der Waals surface area contributed by atoms with Gasteiger partial charge in [-0.3, -0.25) is 5.43 Å². The second-order valence-electron chi connectivity index (χ2n) is 8.30. The van der Waals surface area contributed by atoms with Crippen molar-refractivity contribution in [3.05, 3.63) is 10.6 Å². The molecule has 6 rings (SSSR count). The van der Waals surface area contributed by atoms with Gasteiger partial charge in [0, 0.05) is 16.7 Å². The van der Waals surface area contributed by atoms with Gasteiger partial charge in [-0.1, -0.05) is 0 Å². The molecule has 156 valence electrons. The number of hydrogen-bond donors (Lipinski definition) is 1. The summed E-state index contributed by atoms with van der Waals surface area (Å²) in [5.74, 6) is -1.87. The molecule has 0 atom stereocenters. The third-order valence-corrected chi connectivity index (χ3v) is 7.37. The number of nitrogens with zero attached hydrogens (tertiary/aromatic N) is 2. The fraction of sp³-hybridized carbons (Fsp3) is 0.667. The van der Waals surface area contributed by atoms with E-state index in [1.54, 1.807) is 0 Å². The highest BCUT2D eigenvalue weighted by atomic mass is 32.1. The van der Waals surface area contributed by atoms with Crippen molar-refractivity contribution >= 4 is 34.1 Å². The summed E-state index contributed by atoms with van der Waals surface area (Å²) in [6.45, 7) is 1.28.